The van der Waals surface area contributed by atoms with Gasteiger partial charge in [0.2, 0.25) is 0 Å². The van der Waals surface area contributed by atoms with Crippen molar-refractivity contribution in [2.75, 3.05) is 20.3 Å². The molecule has 0 radical (unpaired) electrons. The lowest BCUT2D eigenvalue weighted by Gasteiger charge is -2.13. The number of carbonyl (C=O) groups is 1. The zero-order chi connectivity index (χ0) is 18.2. The van der Waals surface area contributed by atoms with Crippen LogP contribution in [0.5, 0.6) is 11.5 Å². The number of amides is 1. The van der Waals surface area contributed by atoms with Gasteiger partial charge in [-0.25, -0.2) is 0 Å². The van der Waals surface area contributed by atoms with Crippen LogP contribution in [-0.4, -0.2) is 26.2 Å². The zero-order valence-electron chi connectivity index (χ0n) is 15.5. The van der Waals surface area contributed by atoms with Gasteiger partial charge in [0.25, 0.3) is 5.91 Å². The van der Waals surface area contributed by atoms with E-state index >= 15 is 0 Å². The predicted octanol–water partition coefficient (Wildman–Crippen LogP) is 3.86. The van der Waals surface area contributed by atoms with Crippen LogP contribution in [0.4, 0.5) is 0 Å². The molecule has 0 aliphatic heterocycles. The molecule has 0 saturated carbocycles. The second kappa shape index (κ2) is 9.11. The molecule has 25 heavy (non-hydrogen) atoms. The Morgan fingerprint density at radius 1 is 1.12 bits per heavy atom. The average Bonchev–Trinajstić information content (AvgIpc) is 2.61. The molecule has 1 N–H and O–H groups in total. The lowest BCUT2D eigenvalue weighted by molar-refractivity contribution is -0.123. The fourth-order valence-electron chi connectivity index (χ4n) is 2.46. The van der Waals surface area contributed by atoms with E-state index in [1.54, 1.807) is 7.11 Å². The van der Waals surface area contributed by atoms with E-state index in [0.29, 0.717) is 12.5 Å². The normalized spacial score (nSPS) is 10.6. The van der Waals surface area contributed by atoms with E-state index in [2.05, 4.69) is 25.2 Å². The molecule has 0 aliphatic carbocycles. The van der Waals surface area contributed by atoms with Gasteiger partial charge >= 0.3 is 0 Å². The number of ether oxygens (including phenoxy) is 2. The largest absolute Gasteiger partial charge is 0.497 e. The summed E-state index contributed by atoms with van der Waals surface area (Å²) in [6.07, 6.45) is 0.775. The molecule has 0 atom stereocenters. The Morgan fingerprint density at radius 2 is 1.84 bits per heavy atom. The highest BCUT2D eigenvalue weighted by molar-refractivity contribution is 5.77. The molecule has 0 unspecified atom stereocenters. The number of rotatable bonds is 8. The average molecular weight is 341 g/mol. The molecule has 0 aromatic heterocycles. The smallest absolute Gasteiger partial charge is 0.257 e. The van der Waals surface area contributed by atoms with Crippen molar-refractivity contribution in [3.8, 4) is 11.5 Å². The summed E-state index contributed by atoms with van der Waals surface area (Å²) in [6.45, 7) is 6.88. The van der Waals surface area contributed by atoms with Crippen LogP contribution >= 0.6 is 0 Å². The van der Waals surface area contributed by atoms with Gasteiger partial charge in [-0.05, 0) is 54.2 Å². The van der Waals surface area contributed by atoms with E-state index in [1.165, 1.54) is 5.56 Å². The minimum Gasteiger partial charge on any atom is -0.497 e. The van der Waals surface area contributed by atoms with Crippen molar-refractivity contribution in [1.29, 1.82) is 0 Å². The summed E-state index contributed by atoms with van der Waals surface area (Å²) in [7, 11) is 1.65. The van der Waals surface area contributed by atoms with Gasteiger partial charge in [-0.3, -0.25) is 4.79 Å². The summed E-state index contributed by atoms with van der Waals surface area (Å²) in [5.41, 5.74) is 3.40. The van der Waals surface area contributed by atoms with Crippen LogP contribution in [0.1, 0.15) is 36.5 Å². The van der Waals surface area contributed by atoms with Gasteiger partial charge in [0.05, 0.1) is 7.11 Å². The lowest BCUT2D eigenvalue weighted by atomic mass is 10.0. The Hall–Kier alpha value is -2.49. The molecule has 4 nitrogen and oxygen atoms in total. The van der Waals surface area contributed by atoms with Crippen molar-refractivity contribution in [3.05, 3.63) is 59.2 Å². The van der Waals surface area contributed by atoms with E-state index in [4.69, 9.17) is 9.47 Å². The van der Waals surface area contributed by atoms with Crippen LogP contribution < -0.4 is 14.8 Å². The van der Waals surface area contributed by atoms with E-state index in [9.17, 15) is 4.79 Å². The number of benzene rings is 2. The SMILES string of the molecule is COc1ccc(CCNC(=O)COc2cc(C(C)C)ccc2C)cc1. The predicted molar refractivity (Wildman–Crippen MR) is 100 cm³/mol. The van der Waals surface area contributed by atoms with E-state index in [1.807, 2.05) is 43.3 Å². The number of aryl methyl sites for hydroxylation is 1. The highest BCUT2D eigenvalue weighted by atomic mass is 16.5. The highest BCUT2D eigenvalue weighted by Crippen LogP contribution is 2.24. The first-order valence-electron chi connectivity index (χ1n) is 8.62. The topological polar surface area (TPSA) is 47.6 Å². The summed E-state index contributed by atoms with van der Waals surface area (Å²) < 4.78 is 10.8. The molecule has 0 aliphatic rings. The fourth-order valence-corrected chi connectivity index (χ4v) is 2.46. The molecule has 0 bridgehead atoms. The second-order valence-electron chi connectivity index (χ2n) is 6.42. The first-order chi connectivity index (χ1) is 12.0. The molecule has 4 heteroatoms. The molecule has 0 spiro atoms. The van der Waals surface area contributed by atoms with Gasteiger partial charge < -0.3 is 14.8 Å². The van der Waals surface area contributed by atoms with Crippen molar-refractivity contribution in [2.45, 2.75) is 33.1 Å². The quantitative estimate of drug-likeness (QED) is 0.793. The molecule has 2 aromatic rings. The molecule has 0 heterocycles. The van der Waals surface area contributed by atoms with Crippen LogP contribution in [0.15, 0.2) is 42.5 Å². The van der Waals surface area contributed by atoms with Gasteiger partial charge in [0.15, 0.2) is 6.61 Å². The minimum absolute atomic E-state index is 0.0327. The minimum atomic E-state index is -0.108. The molecule has 134 valence electrons. The maximum absolute atomic E-state index is 12.0. The Kier molecular flexibility index (Phi) is 6.87. The van der Waals surface area contributed by atoms with Gasteiger partial charge in [-0.1, -0.05) is 38.1 Å². The van der Waals surface area contributed by atoms with Crippen LogP contribution in [0.2, 0.25) is 0 Å². The van der Waals surface area contributed by atoms with Crippen molar-refractivity contribution >= 4 is 5.91 Å². The molecule has 1 amide bonds. The maximum atomic E-state index is 12.0. The zero-order valence-corrected chi connectivity index (χ0v) is 15.5. The Morgan fingerprint density at radius 3 is 2.48 bits per heavy atom. The molecule has 2 aromatic carbocycles. The van der Waals surface area contributed by atoms with E-state index in [-0.39, 0.29) is 12.5 Å². The standard InChI is InChI=1S/C21H27NO3/c1-15(2)18-8-5-16(3)20(13-18)25-14-21(23)22-12-11-17-6-9-19(24-4)10-7-17/h5-10,13,15H,11-12,14H2,1-4H3,(H,22,23). The monoisotopic (exact) mass is 341 g/mol. The summed E-state index contributed by atoms with van der Waals surface area (Å²) in [5, 5.41) is 2.89. The Bertz CT molecular complexity index is 693. The molecule has 0 fully saturated rings. The van der Waals surface area contributed by atoms with Gasteiger partial charge in [-0.15, -0.1) is 0 Å². The summed E-state index contributed by atoms with van der Waals surface area (Å²) in [5.74, 6) is 1.93. The number of hydrogen-bond acceptors (Lipinski definition) is 3. The van der Waals surface area contributed by atoms with Gasteiger partial charge in [0, 0.05) is 6.54 Å². The second-order valence-corrected chi connectivity index (χ2v) is 6.42. The summed E-state index contributed by atoms with van der Waals surface area (Å²) in [6, 6.07) is 14.0. The third-order valence-corrected chi connectivity index (χ3v) is 4.13. The lowest BCUT2D eigenvalue weighted by Crippen LogP contribution is -2.30. The van der Waals surface area contributed by atoms with Gasteiger partial charge in [0.1, 0.15) is 11.5 Å². The number of nitrogens with one attached hydrogen (secondary N) is 1. The number of hydrogen-bond donors (Lipinski definition) is 1. The van der Waals surface area contributed by atoms with Crippen molar-refractivity contribution in [3.63, 3.8) is 0 Å². The molecular weight excluding hydrogens is 314 g/mol. The van der Waals surface area contributed by atoms with Crippen LogP contribution in [-0.2, 0) is 11.2 Å². The third-order valence-electron chi connectivity index (χ3n) is 4.13. The summed E-state index contributed by atoms with van der Waals surface area (Å²) in [4.78, 5) is 12.0. The van der Waals surface area contributed by atoms with Crippen LogP contribution in [0.3, 0.4) is 0 Å². The van der Waals surface area contributed by atoms with Gasteiger partial charge in [-0.2, -0.15) is 0 Å². The third kappa shape index (κ3) is 5.82. The van der Waals surface area contributed by atoms with Crippen molar-refractivity contribution < 1.29 is 14.3 Å². The Balaban J connectivity index is 1.77. The first-order valence-corrected chi connectivity index (χ1v) is 8.62. The van der Waals surface area contributed by atoms with E-state index in [0.717, 1.165) is 29.0 Å². The van der Waals surface area contributed by atoms with Crippen molar-refractivity contribution in [1.82, 2.24) is 5.32 Å². The molecular formula is C21H27NO3. The molecule has 2 rings (SSSR count). The van der Waals surface area contributed by atoms with E-state index < -0.39 is 0 Å². The van der Waals surface area contributed by atoms with Crippen molar-refractivity contribution in [2.24, 2.45) is 0 Å². The highest BCUT2D eigenvalue weighted by Gasteiger charge is 2.07. The molecule has 0 saturated heterocycles. The first kappa shape index (κ1) is 18.8. The fraction of sp³-hybridized carbons (Fsp3) is 0.381. The van der Waals surface area contributed by atoms with Crippen LogP contribution in [0, 0.1) is 6.92 Å². The Labute approximate surface area is 150 Å². The number of methoxy groups -OCH3 is 1. The maximum Gasteiger partial charge on any atom is 0.257 e. The van der Waals surface area contributed by atoms with Crippen LogP contribution in [0.25, 0.3) is 0 Å². The number of carbonyl (C=O) groups excluding carboxylic acids is 1. The summed E-state index contributed by atoms with van der Waals surface area (Å²) >= 11 is 0.